The molecule has 3 rings (SSSR count). The number of nitrogens with one attached hydrogen (secondary N) is 1. The number of quaternary nitrogens is 1. The maximum atomic E-state index is 12.3. The van der Waals surface area contributed by atoms with E-state index in [1.165, 1.54) is 0 Å². The Kier molecular flexibility index (Phi) is 5.49. The number of anilines is 1. The first-order chi connectivity index (χ1) is 12.2. The molecule has 0 bridgehead atoms. The number of benzene rings is 2. The first-order valence-corrected chi connectivity index (χ1v) is 8.21. The summed E-state index contributed by atoms with van der Waals surface area (Å²) in [5.74, 6) is 2.09. The number of amides is 1. The first kappa shape index (κ1) is 16.8. The van der Waals surface area contributed by atoms with E-state index in [-0.39, 0.29) is 11.9 Å². The topological polar surface area (TPSA) is 68.1 Å². The van der Waals surface area contributed by atoms with Gasteiger partial charge in [-0.25, -0.2) is 0 Å². The molecule has 25 heavy (non-hydrogen) atoms. The Hall–Kier alpha value is -3.05. The van der Waals surface area contributed by atoms with Gasteiger partial charge in [0.2, 0.25) is 0 Å². The lowest BCUT2D eigenvalue weighted by Gasteiger charge is -2.12. The normalized spacial score (nSPS) is 11.7. The van der Waals surface area contributed by atoms with Crippen LogP contribution in [0.1, 0.15) is 18.7 Å². The monoisotopic (exact) mass is 337 g/mol. The Morgan fingerprint density at radius 2 is 1.84 bits per heavy atom. The average molecular weight is 337 g/mol. The largest absolute Gasteiger partial charge is 0.463 e. The lowest BCUT2D eigenvalue weighted by molar-refractivity contribution is -0.684. The number of rotatable bonds is 7. The second-order valence-electron chi connectivity index (χ2n) is 5.70. The number of carbonyl (C=O) groups is 1. The van der Waals surface area contributed by atoms with Gasteiger partial charge in [-0.1, -0.05) is 30.3 Å². The molecule has 3 aromatic rings. The van der Waals surface area contributed by atoms with Gasteiger partial charge >= 0.3 is 0 Å². The van der Waals surface area contributed by atoms with E-state index in [4.69, 9.17) is 9.15 Å². The predicted molar refractivity (Wildman–Crippen MR) is 95.5 cm³/mol. The third-order valence-electron chi connectivity index (χ3n) is 3.78. The van der Waals surface area contributed by atoms with Gasteiger partial charge in [0.25, 0.3) is 5.91 Å². The Bertz CT molecular complexity index is 801. The van der Waals surface area contributed by atoms with Crippen LogP contribution in [-0.4, -0.2) is 12.5 Å². The SMILES string of the molecule is C[C@@H]([NH2+]CC(=O)Nc1ccccc1Oc1ccccc1)c1ccco1. The highest BCUT2D eigenvalue weighted by Crippen LogP contribution is 2.28. The zero-order valence-corrected chi connectivity index (χ0v) is 14.0. The summed E-state index contributed by atoms with van der Waals surface area (Å²) < 4.78 is 11.2. The van der Waals surface area contributed by atoms with Crippen molar-refractivity contribution < 1.29 is 19.3 Å². The van der Waals surface area contributed by atoms with Crippen LogP contribution in [0.3, 0.4) is 0 Å². The molecule has 128 valence electrons. The number of furan rings is 1. The summed E-state index contributed by atoms with van der Waals surface area (Å²) in [6.07, 6.45) is 1.64. The number of hydrogen-bond donors (Lipinski definition) is 2. The quantitative estimate of drug-likeness (QED) is 0.695. The molecule has 0 spiro atoms. The summed E-state index contributed by atoms with van der Waals surface area (Å²) in [4.78, 5) is 12.3. The van der Waals surface area contributed by atoms with Gasteiger partial charge in [0.1, 0.15) is 11.8 Å². The van der Waals surface area contributed by atoms with Crippen molar-refractivity contribution >= 4 is 11.6 Å². The maximum absolute atomic E-state index is 12.3. The second kappa shape index (κ2) is 8.17. The summed E-state index contributed by atoms with van der Waals surface area (Å²) in [5, 5.41) is 4.83. The minimum atomic E-state index is -0.0949. The van der Waals surface area contributed by atoms with Crippen LogP contribution in [-0.2, 0) is 4.79 Å². The number of para-hydroxylation sites is 3. The van der Waals surface area contributed by atoms with Gasteiger partial charge in [0.05, 0.1) is 12.0 Å². The lowest BCUT2D eigenvalue weighted by Crippen LogP contribution is -2.86. The molecule has 0 unspecified atom stereocenters. The second-order valence-corrected chi connectivity index (χ2v) is 5.70. The van der Waals surface area contributed by atoms with E-state index in [9.17, 15) is 4.79 Å². The van der Waals surface area contributed by atoms with Crippen molar-refractivity contribution in [2.45, 2.75) is 13.0 Å². The molecule has 0 saturated carbocycles. The fourth-order valence-electron chi connectivity index (χ4n) is 2.43. The molecule has 1 atom stereocenters. The summed E-state index contributed by atoms with van der Waals surface area (Å²) in [7, 11) is 0. The van der Waals surface area contributed by atoms with Gasteiger partial charge in [0.15, 0.2) is 18.1 Å². The van der Waals surface area contributed by atoms with Gasteiger partial charge < -0.3 is 19.8 Å². The van der Waals surface area contributed by atoms with Crippen LogP contribution in [0.5, 0.6) is 11.5 Å². The maximum Gasteiger partial charge on any atom is 0.279 e. The molecule has 3 N–H and O–H groups in total. The Morgan fingerprint density at radius 1 is 1.08 bits per heavy atom. The number of nitrogens with two attached hydrogens (primary N) is 1. The van der Waals surface area contributed by atoms with Crippen molar-refractivity contribution in [1.82, 2.24) is 0 Å². The zero-order valence-electron chi connectivity index (χ0n) is 14.0. The van der Waals surface area contributed by atoms with Crippen LogP contribution in [0.2, 0.25) is 0 Å². The number of hydrogen-bond acceptors (Lipinski definition) is 3. The van der Waals surface area contributed by atoms with Crippen LogP contribution in [0.4, 0.5) is 5.69 Å². The molecular weight excluding hydrogens is 316 g/mol. The van der Waals surface area contributed by atoms with Crippen LogP contribution in [0.15, 0.2) is 77.4 Å². The van der Waals surface area contributed by atoms with Crippen LogP contribution in [0.25, 0.3) is 0 Å². The van der Waals surface area contributed by atoms with E-state index >= 15 is 0 Å². The van der Waals surface area contributed by atoms with Gasteiger partial charge in [-0.3, -0.25) is 4.79 Å². The van der Waals surface area contributed by atoms with Crippen molar-refractivity contribution in [1.29, 1.82) is 0 Å². The van der Waals surface area contributed by atoms with E-state index in [1.54, 1.807) is 6.26 Å². The first-order valence-electron chi connectivity index (χ1n) is 8.21. The predicted octanol–water partition coefficient (Wildman–Crippen LogP) is 3.34. The Balaban J connectivity index is 1.59. The smallest absolute Gasteiger partial charge is 0.279 e. The molecule has 0 aliphatic heterocycles. The Labute approximate surface area is 146 Å². The van der Waals surface area contributed by atoms with Crippen molar-refractivity contribution in [2.24, 2.45) is 0 Å². The summed E-state index contributed by atoms with van der Waals surface area (Å²) in [6, 6.07) is 20.7. The van der Waals surface area contributed by atoms with Crippen molar-refractivity contribution in [3.8, 4) is 11.5 Å². The van der Waals surface area contributed by atoms with Crippen molar-refractivity contribution in [3.63, 3.8) is 0 Å². The molecule has 0 radical (unpaired) electrons. The molecule has 1 amide bonds. The highest BCUT2D eigenvalue weighted by molar-refractivity contribution is 5.92. The fourth-order valence-corrected chi connectivity index (χ4v) is 2.43. The molecule has 0 aliphatic rings. The van der Waals surface area contributed by atoms with Gasteiger partial charge in [-0.15, -0.1) is 0 Å². The molecule has 1 heterocycles. The van der Waals surface area contributed by atoms with Crippen LogP contribution < -0.4 is 15.4 Å². The van der Waals surface area contributed by atoms with Gasteiger partial charge in [-0.05, 0) is 43.3 Å². The molecule has 1 aromatic heterocycles. The summed E-state index contributed by atoms with van der Waals surface area (Å²) >= 11 is 0. The standard InChI is InChI=1S/C20H20N2O3/c1-15(18-12-7-13-24-18)21-14-20(23)22-17-10-5-6-11-19(17)25-16-8-3-2-4-9-16/h2-13,15,21H,14H2,1H3,(H,22,23)/p+1/t15-/m1/s1. The van der Waals surface area contributed by atoms with E-state index in [0.717, 1.165) is 11.5 Å². The third kappa shape index (κ3) is 4.71. The fraction of sp³-hybridized carbons (Fsp3) is 0.150. The molecule has 0 aliphatic carbocycles. The third-order valence-corrected chi connectivity index (χ3v) is 3.78. The average Bonchev–Trinajstić information content (AvgIpc) is 3.17. The van der Waals surface area contributed by atoms with Gasteiger partial charge in [-0.2, -0.15) is 0 Å². The van der Waals surface area contributed by atoms with Crippen molar-refractivity contribution in [2.75, 3.05) is 11.9 Å². The lowest BCUT2D eigenvalue weighted by atomic mass is 10.2. The van der Waals surface area contributed by atoms with Crippen LogP contribution in [0, 0.1) is 0 Å². The molecule has 5 heteroatoms. The summed E-state index contributed by atoms with van der Waals surface area (Å²) in [5.41, 5.74) is 0.649. The van der Waals surface area contributed by atoms with Crippen LogP contribution >= 0.6 is 0 Å². The minimum Gasteiger partial charge on any atom is -0.463 e. The summed E-state index contributed by atoms with van der Waals surface area (Å²) in [6.45, 7) is 2.29. The molecular formula is C20H21N2O3+. The Morgan fingerprint density at radius 3 is 2.60 bits per heavy atom. The van der Waals surface area contributed by atoms with Gasteiger partial charge in [0, 0.05) is 0 Å². The molecule has 0 fully saturated rings. The molecule has 5 nitrogen and oxygen atoms in total. The molecule has 0 saturated heterocycles. The minimum absolute atomic E-state index is 0.0802. The van der Waals surface area contributed by atoms with E-state index in [1.807, 2.05) is 79.0 Å². The number of carbonyl (C=O) groups excluding carboxylic acids is 1. The number of ether oxygens (including phenoxy) is 1. The zero-order chi connectivity index (χ0) is 17.5. The van der Waals surface area contributed by atoms with Crippen molar-refractivity contribution in [3.05, 3.63) is 78.8 Å². The van der Waals surface area contributed by atoms with E-state index in [0.29, 0.717) is 18.0 Å². The highest BCUT2D eigenvalue weighted by atomic mass is 16.5. The van der Waals surface area contributed by atoms with E-state index < -0.39 is 0 Å². The highest BCUT2D eigenvalue weighted by Gasteiger charge is 2.15. The van der Waals surface area contributed by atoms with E-state index in [2.05, 4.69) is 5.32 Å². The molecule has 2 aromatic carbocycles.